The van der Waals surface area contributed by atoms with Crippen LogP contribution < -0.4 is 4.90 Å². The van der Waals surface area contributed by atoms with Crippen molar-refractivity contribution in [2.24, 2.45) is 0 Å². The quantitative estimate of drug-likeness (QED) is 0.328. The molecule has 0 spiro atoms. The first-order valence-corrected chi connectivity index (χ1v) is 14.4. The molecule has 2 saturated heterocycles. The van der Waals surface area contributed by atoms with Gasteiger partial charge in [0.15, 0.2) is 0 Å². The summed E-state index contributed by atoms with van der Waals surface area (Å²) in [7, 11) is 0. The molecule has 42 heavy (non-hydrogen) atoms. The summed E-state index contributed by atoms with van der Waals surface area (Å²) in [6.07, 6.45) is 1.39. The number of pyridine rings is 1. The lowest BCUT2D eigenvalue weighted by molar-refractivity contribution is -0.143. The number of cyclic esters (lactones) is 1. The van der Waals surface area contributed by atoms with Crippen LogP contribution in [0.25, 0.3) is 11.1 Å². The molecule has 1 unspecified atom stereocenters. The van der Waals surface area contributed by atoms with E-state index in [0.717, 1.165) is 55.4 Å². The number of carbonyl (C=O) groups is 2. The number of aromatic nitrogens is 1. The Morgan fingerprint density at radius 3 is 2.57 bits per heavy atom. The van der Waals surface area contributed by atoms with Gasteiger partial charge in [-0.3, -0.25) is 9.69 Å². The van der Waals surface area contributed by atoms with Crippen molar-refractivity contribution in [3.05, 3.63) is 76.5 Å². The van der Waals surface area contributed by atoms with Crippen LogP contribution in [0.1, 0.15) is 67.5 Å². The number of amides is 1. The second kappa shape index (κ2) is 11.2. The summed E-state index contributed by atoms with van der Waals surface area (Å²) in [5, 5.41) is 11.1. The summed E-state index contributed by atoms with van der Waals surface area (Å²) < 4.78 is 38.7. The summed E-state index contributed by atoms with van der Waals surface area (Å²) in [4.78, 5) is 33.9. The maximum absolute atomic E-state index is 14.0. The number of phenols is 1. The minimum Gasteiger partial charge on any atom is -0.507 e. The van der Waals surface area contributed by atoms with Crippen molar-refractivity contribution in [1.82, 2.24) is 9.88 Å². The third kappa shape index (κ3) is 5.26. The van der Waals surface area contributed by atoms with Crippen LogP contribution in [0.5, 0.6) is 5.75 Å². The first kappa shape index (κ1) is 27.9. The molecule has 3 aromatic rings. The Morgan fingerprint density at radius 1 is 1.12 bits per heavy atom. The molecule has 0 saturated carbocycles. The van der Waals surface area contributed by atoms with E-state index in [1.54, 1.807) is 19.9 Å². The Morgan fingerprint density at radius 2 is 1.88 bits per heavy atom. The summed E-state index contributed by atoms with van der Waals surface area (Å²) in [6, 6.07) is 10.1. The topological polar surface area (TPSA) is 92.2 Å². The molecule has 3 atom stereocenters. The van der Waals surface area contributed by atoms with Crippen molar-refractivity contribution in [3.63, 3.8) is 0 Å². The monoisotopic (exact) mass is 577 g/mol. The Hall–Kier alpha value is -4.21. The van der Waals surface area contributed by atoms with Gasteiger partial charge in [0.25, 0.3) is 0 Å². The number of phenolic OH excluding ortho intramolecular Hbond substituents is 1. The number of carbonyl (C=O) groups excluding carboxylic acids is 2. The number of aryl methyl sites for hydroxylation is 1. The molecule has 2 fully saturated rings. The van der Waals surface area contributed by atoms with Crippen LogP contribution in [0.2, 0.25) is 0 Å². The number of anilines is 1. The summed E-state index contributed by atoms with van der Waals surface area (Å²) in [5.41, 5.74) is 4.01. The number of hydrogen-bond acceptors (Lipinski definition) is 7. The lowest BCUT2D eigenvalue weighted by Gasteiger charge is -2.33. The standard InChI is InChI=1S/C32H33F2N3O5/c1-3-41-30(39)14-20-6-5-19-13-28(38)26(16-25(19)20)24-7-8-29(36-9-4-10-36)35-27(24)17-37-18(2)31(42-32(37)40)21-11-22(33)15-23(34)12-21/h7-8,11-13,15-16,18,20,31,38H,3-6,9-10,14,17H2,1-2H3/t18-,20?,31-/m0/s1. The maximum atomic E-state index is 14.0. The molecule has 0 radical (unpaired) electrons. The summed E-state index contributed by atoms with van der Waals surface area (Å²) >= 11 is 0. The first-order chi connectivity index (χ1) is 20.2. The lowest BCUT2D eigenvalue weighted by atomic mass is 9.92. The van der Waals surface area contributed by atoms with Gasteiger partial charge < -0.3 is 19.5 Å². The zero-order valence-electron chi connectivity index (χ0n) is 23.6. The van der Waals surface area contributed by atoms with Crippen LogP contribution in [0.3, 0.4) is 0 Å². The number of benzene rings is 2. The van der Waals surface area contributed by atoms with E-state index >= 15 is 0 Å². The molecule has 0 bridgehead atoms. The summed E-state index contributed by atoms with van der Waals surface area (Å²) in [5.74, 6) is -0.894. The molecule has 1 amide bonds. The van der Waals surface area contributed by atoms with Gasteiger partial charge in [-0.25, -0.2) is 18.6 Å². The number of fused-ring (bicyclic) bond motifs is 1. The van der Waals surface area contributed by atoms with E-state index in [0.29, 0.717) is 23.4 Å². The Bertz CT molecular complexity index is 1520. The zero-order valence-corrected chi connectivity index (χ0v) is 23.6. The fourth-order valence-electron chi connectivity index (χ4n) is 6.22. The highest BCUT2D eigenvalue weighted by Gasteiger charge is 2.41. The molecule has 3 aliphatic rings. The molecule has 6 rings (SSSR count). The van der Waals surface area contributed by atoms with Crippen LogP contribution in [0.4, 0.5) is 19.4 Å². The second-order valence-electron chi connectivity index (χ2n) is 11.2. The van der Waals surface area contributed by atoms with Crippen LogP contribution >= 0.6 is 0 Å². The van der Waals surface area contributed by atoms with Gasteiger partial charge in [0.05, 0.1) is 31.3 Å². The third-order valence-electron chi connectivity index (χ3n) is 8.53. The predicted octanol–water partition coefficient (Wildman–Crippen LogP) is 6.01. The van der Waals surface area contributed by atoms with Gasteiger partial charge >= 0.3 is 12.1 Å². The van der Waals surface area contributed by atoms with Crippen LogP contribution in [0.15, 0.2) is 42.5 Å². The molecule has 8 nitrogen and oxygen atoms in total. The van der Waals surface area contributed by atoms with Gasteiger partial charge in [0, 0.05) is 35.8 Å². The Labute approximate surface area is 242 Å². The van der Waals surface area contributed by atoms with Crippen LogP contribution in [0, 0.1) is 11.6 Å². The Balaban J connectivity index is 1.35. The van der Waals surface area contributed by atoms with E-state index in [1.165, 1.54) is 17.0 Å². The molecule has 1 aliphatic carbocycles. The fraction of sp³-hybridized carbons (Fsp3) is 0.406. The van der Waals surface area contributed by atoms with Gasteiger partial charge in [-0.05, 0) is 86.6 Å². The van der Waals surface area contributed by atoms with Crippen molar-refractivity contribution >= 4 is 17.9 Å². The van der Waals surface area contributed by atoms with E-state index in [1.807, 2.05) is 18.2 Å². The molecule has 1 aromatic heterocycles. The number of halogens is 2. The number of nitrogens with zero attached hydrogens (tertiary/aromatic N) is 3. The van der Waals surface area contributed by atoms with Crippen molar-refractivity contribution in [2.45, 2.75) is 64.1 Å². The molecule has 2 aliphatic heterocycles. The van der Waals surface area contributed by atoms with Crippen molar-refractivity contribution in [2.75, 3.05) is 24.6 Å². The Kier molecular flexibility index (Phi) is 7.47. The average molecular weight is 578 g/mol. The molecular formula is C32H33F2N3O5. The minimum atomic E-state index is -0.859. The maximum Gasteiger partial charge on any atom is 0.411 e. The molecule has 3 heterocycles. The number of rotatable bonds is 8. The van der Waals surface area contributed by atoms with Crippen LogP contribution in [-0.2, 0) is 27.2 Å². The number of ether oxygens (including phenoxy) is 2. The zero-order chi connectivity index (χ0) is 29.5. The number of aromatic hydroxyl groups is 1. The van der Waals surface area contributed by atoms with Gasteiger partial charge in [-0.2, -0.15) is 0 Å². The minimum absolute atomic E-state index is 0.0174. The van der Waals surface area contributed by atoms with Crippen molar-refractivity contribution < 1.29 is 33.0 Å². The van der Waals surface area contributed by atoms with Gasteiger partial charge in [-0.1, -0.05) is 0 Å². The fourth-order valence-corrected chi connectivity index (χ4v) is 6.22. The van der Waals surface area contributed by atoms with E-state index in [-0.39, 0.29) is 36.2 Å². The molecular weight excluding hydrogens is 544 g/mol. The highest BCUT2D eigenvalue weighted by atomic mass is 19.1. The molecule has 10 heteroatoms. The number of esters is 1. The molecule has 220 valence electrons. The van der Waals surface area contributed by atoms with E-state index in [4.69, 9.17) is 14.5 Å². The van der Waals surface area contributed by atoms with Gasteiger partial charge in [0.2, 0.25) is 0 Å². The summed E-state index contributed by atoms with van der Waals surface area (Å²) in [6.45, 7) is 5.69. The first-order valence-electron chi connectivity index (χ1n) is 14.4. The average Bonchev–Trinajstić information content (AvgIpc) is 3.42. The normalized spacial score (nSPS) is 21.2. The van der Waals surface area contributed by atoms with E-state index < -0.39 is 29.9 Å². The SMILES string of the molecule is CCOC(=O)CC1CCc2cc(O)c(-c3ccc(N4CCC4)nc3CN3C(=O)O[C@H](c4cc(F)cc(F)c4)[C@@H]3C)cc21. The third-order valence-corrected chi connectivity index (χ3v) is 8.53. The van der Waals surface area contributed by atoms with E-state index in [2.05, 4.69) is 4.90 Å². The van der Waals surface area contributed by atoms with Gasteiger partial charge in [-0.15, -0.1) is 0 Å². The molecule has 2 aromatic carbocycles. The molecule has 1 N–H and O–H groups in total. The largest absolute Gasteiger partial charge is 0.507 e. The van der Waals surface area contributed by atoms with Crippen LogP contribution in [-0.4, -0.2) is 52.8 Å². The van der Waals surface area contributed by atoms with Crippen molar-refractivity contribution in [3.8, 4) is 16.9 Å². The highest BCUT2D eigenvalue weighted by molar-refractivity contribution is 5.77. The smallest absolute Gasteiger partial charge is 0.411 e. The van der Waals surface area contributed by atoms with Gasteiger partial charge in [0.1, 0.15) is 29.3 Å². The lowest BCUT2D eigenvalue weighted by Crippen LogP contribution is -2.38. The highest BCUT2D eigenvalue weighted by Crippen LogP contribution is 2.44. The second-order valence-corrected chi connectivity index (χ2v) is 11.2. The van der Waals surface area contributed by atoms with E-state index in [9.17, 15) is 23.5 Å². The van der Waals surface area contributed by atoms with Crippen molar-refractivity contribution in [1.29, 1.82) is 0 Å². The predicted molar refractivity (Wildman–Crippen MR) is 151 cm³/mol. The number of hydrogen-bond donors (Lipinski definition) is 1.